The van der Waals surface area contributed by atoms with E-state index in [1.165, 1.54) is 20.4 Å². The number of halogens is 1. The number of methoxy groups -OCH3 is 2. The minimum absolute atomic E-state index is 0.303. The Morgan fingerprint density at radius 1 is 1.24 bits per heavy atom. The molecule has 2 rings (SSSR count). The van der Waals surface area contributed by atoms with Gasteiger partial charge in [0.25, 0.3) is 5.91 Å². The zero-order valence-electron chi connectivity index (χ0n) is 16.2. The fourth-order valence-electron chi connectivity index (χ4n) is 2.76. The number of rotatable bonds is 8. The van der Waals surface area contributed by atoms with Crippen LogP contribution in [0.3, 0.4) is 0 Å². The summed E-state index contributed by atoms with van der Waals surface area (Å²) in [5.41, 5.74) is 2.96. The number of nitriles is 1. The van der Waals surface area contributed by atoms with E-state index in [4.69, 9.17) is 9.47 Å². The molecule has 0 spiro atoms. The van der Waals surface area contributed by atoms with Crippen molar-refractivity contribution in [3.63, 3.8) is 0 Å². The third-order valence-corrected chi connectivity index (χ3v) is 4.63. The van der Waals surface area contributed by atoms with E-state index in [1.54, 1.807) is 18.2 Å². The monoisotopic (exact) mass is 457 g/mol. The number of carbonyl (C=O) groups excluding carboxylic acids is 2. The molecule has 0 unspecified atom stereocenters. The molecule has 0 fully saturated rings. The first-order chi connectivity index (χ1) is 13.9. The molecule has 150 valence electrons. The highest BCUT2D eigenvalue weighted by Gasteiger charge is 2.15. The molecule has 0 saturated heterocycles. The van der Waals surface area contributed by atoms with Crippen LogP contribution in [0.5, 0.6) is 11.5 Å². The van der Waals surface area contributed by atoms with E-state index in [1.807, 2.05) is 19.1 Å². The van der Waals surface area contributed by atoms with Gasteiger partial charge in [0.2, 0.25) is 6.41 Å². The van der Waals surface area contributed by atoms with E-state index in [0.29, 0.717) is 41.2 Å². The lowest BCUT2D eigenvalue weighted by molar-refractivity contribution is -0.121. The molecular weight excluding hydrogens is 438 g/mol. The molecule has 0 saturated carbocycles. The number of nitrogens with zero attached hydrogens (tertiary/aromatic N) is 1. The van der Waals surface area contributed by atoms with Gasteiger partial charge >= 0.3 is 0 Å². The number of ether oxygens (including phenoxy) is 2. The van der Waals surface area contributed by atoms with Gasteiger partial charge in [-0.3, -0.25) is 14.9 Å². The van der Waals surface area contributed by atoms with Crippen molar-refractivity contribution in [1.29, 1.82) is 5.26 Å². The molecule has 0 atom stereocenters. The predicted octanol–water partition coefficient (Wildman–Crippen LogP) is 3.05. The maximum atomic E-state index is 12.4. The van der Waals surface area contributed by atoms with Crippen molar-refractivity contribution in [2.24, 2.45) is 0 Å². The van der Waals surface area contributed by atoms with E-state index >= 15 is 0 Å². The van der Waals surface area contributed by atoms with Crippen LogP contribution >= 0.6 is 15.9 Å². The third-order valence-electron chi connectivity index (χ3n) is 4.14. The van der Waals surface area contributed by atoms with Gasteiger partial charge in [-0.15, -0.1) is 0 Å². The highest BCUT2D eigenvalue weighted by Crippen LogP contribution is 2.32. The molecule has 0 aromatic heterocycles. The third kappa shape index (κ3) is 5.36. The Bertz CT molecular complexity index is 996. The predicted molar refractivity (Wildman–Crippen MR) is 112 cm³/mol. The van der Waals surface area contributed by atoms with E-state index < -0.39 is 5.91 Å². The summed E-state index contributed by atoms with van der Waals surface area (Å²) in [4.78, 5) is 23.1. The second-order valence-corrected chi connectivity index (χ2v) is 6.90. The zero-order chi connectivity index (χ0) is 21.4. The van der Waals surface area contributed by atoms with Crippen molar-refractivity contribution in [3.8, 4) is 17.6 Å². The first-order valence-electron chi connectivity index (χ1n) is 8.54. The minimum atomic E-state index is -0.529. The quantitative estimate of drug-likeness (QED) is 0.466. The summed E-state index contributed by atoms with van der Waals surface area (Å²) in [6.07, 6.45) is 1.88. The smallest absolute Gasteiger partial charge is 0.259 e. The topological polar surface area (TPSA) is 100 Å². The lowest BCUT2D eigenvalue weighted by Crippen LogP contribution is -2.24. The molecule has 0 heterocycles. The number of benzene rings is 2. The van der Waals surface area contributed by atoms with Gasteiger partial charge in [0.15, 0.2) is 11.5 Å². The summed E-state index contributed by atoms with van der Waals surface area (Å²) in [7, 11) is 2.96. The molecular formula is C21H20BrN3O4. The summed E-state index contributed by atoms with van der Waals surface area (Å²) in [5.74, 6) is 0.276. The van der Waals surface area contributed by atoms with E-state index in [9.17, 15) is 14.9 Å². The van der Waals surface area contributed by atoms with Gasteiger partial charge in [0.05, 0.1) is 25.4 Å². The molecule has 2 aromatic rings. The summed E-state index contributed by atoms with van der Waals surface area (Å²) >= 11 is 3.40. The summed E-state index contributed by atoms with van der Waals surface area (Å²) in [6, 6.07) is 11.0. The van der Waals surface area contributed by atoms with Crippen molar-refractivity contribution in [2.45, 2.75) is 13.5 Å². The van der Waals surface area contributed by atoms with Gasteiger partial charge in [-0.25, -0.2) is 0 Å². The number of carbonyl (C=O) groups is 2. The Kier molecular flexibility index (Phi) is 7.80. The van der Waals surface area contributed by atoms with Gasteiger partial charge in [-0.1, -0.05) is 22.0 Å². The maximum Gasteiger partial charge on any atom is 0.259 e. The highest BCUT2D eigenvalue weighted by molar-refractivity contribution is 9.10. The van der Waals surface area contributed by atoms with Crippen LogP contribution in [-0.4, -0.2) is 26.5 Å². The van der Waals surface area contributed by atoms with Crippen molar-refractivity contribution >= 4 is 33.8 Å². The van der Waals surface area contributed by atoms with Crippen LogP contribution in [0.4, 0.5) is 0 Å². The summed E-state index contributed by atoms with van der Waals surface area (Å²) in [6.45, 7) is 2.19. The first kappa shape index (κ1) is 22.0. The number of nitrogens with one attached hydrogen (secondary N) is 2. The number of imide groups is 1. The largest absolute Gasteiger partial charge is 0.493 e. The van der Waals surface area contributed by atoms with Crippen LogP contribution in [-0.2, 0) is 16.1 Å². The Morgan fingerprint density at radius 2 is 2.00 bits per heavy atom. The normalized spacial score (nSPS) is 10.7. The second kappa shape index (κ2) is 10.3. The minimum Gasteiger partial charge on any atom is -0.493 e. The van der Waals surface area contributed by atoms with Crippen LogP contribution in [0, 0.1) is 18.3 Å². The molecule has 29 heavy (non-hydrogen) atoms. The molecule has 2 aromatic carbocycles. The van der Waals surface area contributed by atoms with Gasteiger partial charge in [0, 0.05) is 17.2 Å². The lowest BCUT2D eigenvalue weighted by atomic mass is 10.0. The standard InChI is InChI=1S/C21H20BrN3O4/c1-13-4-5-16(22)8-17(13)18(21(27)25-12-26)11-24-10-14-6-15(9-23)20(29-3)19(7-14)28-2/h4-8,11-12,24H,10H2,1-3H3,(H,25,26,27)/b18-11-. The SMILES string of the molecule is COc1cc(CN/C=C(\C(=O)NC=O)c2cc(Br)ccc2C)cc(C#N)c1OC. The summed E-state index contributed by atoms with van der Waals surface area (Å²) < 4.78 is 11.3. The van der Waals surface area contributed by atoms with Crippen LogP contribution in [0.1, 0.15) is 22.3 Å². The molecule has 7 nitrogen and oxygen atoms in total. The van der Waals surface area contributed by atoms with Crippen molar-refractivity contribution in [3.05, 3.63) is 63.3 Å². The van der Waals surface area contributed by atoms with Crippen LogP contribution in [0.15, 0.2) is 41.0 Å². The van der Waals surface area contributed by atoms with Gasteiger partial charge in [0.1, 0.15) is 6.07 Å². The Hall–Kier alpha value is -3.31. The Morgan fingerprint density at radius 3 is 2.62 bits per heavy atom. The van der Waals surface area contributed by atoms with Crippen LogP contribution in [0.2, 0.25) is 0 Å². The summed E-state index contributed by atoms with van der Waals surface area (Å²) in [5, 5.41) is 14.6. The average molecular weight is 458 g/mol. The molecule has 0 radical (unpaired) electrons. The van der Waals surface area contributed by atoms with Crippen molar-refractivity contribution < 1.29 is 19.1 Å². The molecule has 0 bridgehead atoms. The molecule has 8 heteroatoms. The fourth-order valence-corrected chi connectivity index (χ4v) is 3.12. The maximum absolute atomic E-state index is 12.4. The van der Waals surface area contributed by atoms with Gasteiger partial charge in [-0.2, -0.15) is 5.26 Å². The lowest BCUT2D eigenvalue weighted by Gasteiger charge is -2.13. The van der Waals surface area contributed by atoms with Crippen LogP contribution in [0.25, 0.3) is 5.57 Å². The second-order valence-electron chi connectivity index (χ2n) is 5.98. The van der Waals surface area contributed by atoms with Crippen molar-refractivity contribution in [1.82, 2.24) is 10.6 Å². The number of hydrogen-bond acceptors (Lipinski definition) is 6. The Balaban J connectivity index is 2.35. The van der Waals surface area contributed by atoms with Gasteiger partial charge < -0.3 is 14.8 Å². The first-order valence-corrected chi connectivity index (χ1v) is 9.34. The van der Waals surface area contributed by atoms with Crippen LogP contribution < -0.4 is 20.1 Å². The molecule has 0 aliphatic carbocycles. The van der Waals surface area contributed by atoms with E-state index in [-0.39, 0.29) is 0 Å². The Labute approximate surface area is 177 Å². The molecule has 0 aliphatic rings. The highest BCUT2D eigenvalue weighted by atomic mass is 79.9. The van der Waals surface area contributed by atoms with E-state index in [0.717, 1.165) is 15.6 Å². The fraction of sp³-hybridized carbons (Fsp3) is 0.190. The number of amides is 2. The molecule has 0 aliphatic heterocycles. The number of hydrogen-bond donors (Lipinski definition) is 2. The number of aryl methyl sites for hydroxylation is 1. The average Bonchev–Trinajstić information content (AvgIpc) is 2.72. The van der Waals surface area contributed by atoms with E-state index in [2.05, 4.69) is 32.6 Å². The molecule has 2 amide bonds. The van der Waals surface area contributed by atoms with Gasteiger partial charge in [-0.05, 0) is 47.9 Å². The van der Waals surface area contributed by atoms with Crippen molar-refractivity contribution in [2.75, 3.05) is 14.2 Å². The zero-order valence-corrected chi connectivity index (χ0v) is 17.8. The molecule has 2 N–H and O–H groups in total.